The van der Waals surface area contributed by atoms with Crippen molar-refractivity contribution in [3.8, 4) is 28.5 Å². The highest BCUT2D eigenvalue weighted by Crippen LogP contribution is 2.31. The Morgan fingerprint density at radius 2 is 1.77 bits per heavy atom. The van der Waals surface area contributed by atoms with E-state index in [-0.39, 0.29) is 11.9 Å². The molecule has 1 N–H and O–H groups in total. The fourth-order valence-electron chi connectivity index (χ4n) is 3.68. The minimum Gasteiger partial charge on any atom is -0.497 e. The Hall–Kier alpha value is -4.43. The average Bonchev–Trinajstić information content (AvgIpc) is 3.56. The third-order valence-electron chi connectivity index (χ3n) is 5.44. The number of hydrogen-bond donors (Lipinski definition) is 1. The maximum atomic E-state index is 13.2. The van der Waals surface area contributed by atoms with Crippen LogP contribution in [0.25, 0.3) is 32.9 Å². The maximum absolute atomic E-state index is 13.2. The molecule has 1 amide bonds. The topological polar surface area (TPSA) is 90.7 Å². The summed E-state index contributed by atoms with van der Waals surface area (Å²) in [5.74, 6) is 0.996. The monoisotopic (exact) mass is 484 g/mol. The lowest BCUT2D eigenvalue weighted by molar-refractivity contribution is 0.0606. The van der Waals surface area contributed by atoms with E-state index in [9.17, 15) is 9.59 Å². The van der Waals surface area contributed by atoms with Crippen LogP contribution in [0.15, 0.2) is 83.4 Å². The van der Waals surface area contributed by atoms with Crippen molar-refractivity contribution in [1.29, 1.82) is 0 Å². The first-order valence-corrected chi connectivity index (χ1v) is 11.5. The number of ether oxygens (including phenoxy) is 2. The molecule has 0 unspecified atom stereocenters. The molecular weight excluding hydrogens is 464 g/mol. The number of rotatable bonds is 6. The summed E-state index contributed by atoms with van der Waals surface area (Å²) in [5.41, 5.74) is 2.46. The molecule has 0 fully saturated rings. The lowest BCUT2D eigenvalue weighted by atomic mass is 10.1. The molecule has 8 heteroatoms. The molecule has 0 saturated heterocycles. The number of carbonyl (C=O) groups is 2. The standard InChI is InChI=1S/C27H20N2O5S/c1-32-19-10-7-16(8-11-19)22-15-28-26(34-22)21-6-4-3-5-20(21)25(30)29-18-9-12-23-17(13-18)14-24(35-23)27(31)33-2/h3-15H,1-2H3,(H,29,30). The molecule has 0 atom stereocenters. The summed E-state index contributed by atoms with van der Waals surface area (Å²) in [7, 11) is 2.96. The smallest absolute Gasteiger partial charge is 0.348 e. The number of anilines is 1. The van der Waals surface area contributed by atoms with Gasteiger partial charge in [0, 0.05) is 21.5 Å². The van der Waals surface area contributed by atoms with Gasteiger partial charge in [0.1, 0.15) is 10.6 Å². The van der Waals surface area contributed by atoms with Crippen molar-refractivity contribution in [3.05, 3.63) is 89.4 Å². The molecule has 35 heavy (non-hydrogen) atoms. The molecule has 0 bridgehead atoms. The molecule has 2 heterocycles. The predicted octanol–water partition coefficient (Wildman–Crippen LogP) is 6.27. The number of methoxy groups -OCH3 is 2. The average molecular weight is 485 g/mol. The van der Waals surface area contributed by atoms with Gasteiger partial charge in [-0.2, -0.15) is 0 Å². The van der Waals surface area contributed by atoms with E-state index in [1.54, 1.807) is 43.6 Å². The molecule has 5 rings (SSSR count). The molecule has 0 aliphatic carbocycles. The van der Waals surface area contributed by atoms with Crippen molar-refractivity contribution in [2.75, 3.05) is 19.5 Å². The highest BCUT2D eigenvalue weighted by Gasteiger charge is 2.18. The van der Waals surface area contributed by atoms with Crippen LogP contribution in [0.1, 0.15) is 20.0 Å². The Morgan fingerprint density at radius 3 is 2.54 bits per heavy atom. The molecule has 2 aromatic heterocycles. The largest absolute Gasteiger partial charge is 0.497 e. The number of thiophene rings is 1. The van der Waals surface area contributed by atoms with Gasteiger partial charge in [-0.25, -0.2) is 9.78 Å². The Balaban J connectivity index is 1.40. The Morgan fingerprint density at radius 1 is 0.971 bits per heavy atom. The summed E-state index contributed by atoms with van der Waals surface area (Å²) < 4.78 is 16.9. The molecule has 3 aromatic carbocycles. The molecule has 174 valence electrons. The fourth-order valence-corrected chi connectivity index (χ4v) is 4.64. The number of nitrogens with one attached hydrogen (secondary N) is 1. The van der Waals surface area contributed by atoms with Crippen LogP contribution in [0.3, 0.4) is 0 Å². The molecule has 0 spiro atoms. The van der Waals surface area contributed by atoms with Crippen LogP contribution < -0.4 is 10.1 Å². The van der Waals surface area contributed by atoms with Crippen molar-refractivity contribution in [1.82, 2.24) is 4.98 Å². The van der Waals surface area contributed by atoms with Crippen LogP contribution in [0.5, 0.6) is 5.75 Å². The second-order valence-corrected chi connectivity index (χ2v) is 8.70. The van der Waals surface area contributed by atoms with Crippen LogP contribution in [-0.4, -0.2) is 31.1 Å². The van der Waals surface area contributed by atoms with Gasteiger partial charge in [0.05, 0.1) is 26.0 Å². The molecule has 0 radical (unpaired) electrons. The van der Waals surface area contributed by atoms with E-state index in [1.807, 2.05) is 42.5 Å². The molecular formula is C27H20N2O5S. The minimum atomic E-state index is -0.384. The highest BCUT2D eigenvalue weighted by molar-refractivity contribution is 7.20. The van der Waals surface area contributed by atoms with Crippen LogP contribution in [-0.2, 0) is 4.74 Å². The van der Waals surface area contributed by atoms with Crippen molar-refractivity contribution in [2.45, 2.75) is 0 Å². The summed E-state index contributed by atoms with van der Waals surface area (Å²) >= 11 is 1.34. The molecule has 0 saturated carbocycles. The fraction of sp³-hybridized carbons (Fsp3) is 0.0741. The van der Waals surface area contributed by atoms with E-state index >= 15 is 0 Å². The summed E-state index contributed by atoms with van der Waals surface area (Å²) in [6.45, 7) is 0. The molecule has 0 aliphatic heterocycles. The van der Waals surface area contributed by atoms with Gasteiger partial charge < -0.3 is 19.2 Å². The van der Waals surface area contributed by atoms with Crippen LogP contribution in [0.4, 0.5) is 5.69 Å². The zero-order chi connectivity index (χ0) is 24.4. The summed E-state index contributed by atoms with van der Waals surface area (Å²) in [5, 5.41) is 3.78. The Kier molecular flexibility index (Phi) is 6.03. The zero-order valence-corrected chi connectivity index (χ0v) is 19.7. The number of hydrogen-bond acceptors (Lipinski definition) is 7. The minimum absolute atomic E-state index is 0.299. The van der Waals surface area contributed by atoms with Crippen LogP contribution >= 0.6 is 11.3 Å². The second-order valence-electron chi connectivity index (χ2n) is 7.61. The van der Waals surface area contributed by atoms with E-state index < -0.39 is 0 Å². The number of nitrogens with zero attached hydrogens (tertiary/aromatic N) is 1. The normalized spacial score (nSPS) is 10.8. The van der Waals surface area contributed by atoms with Crippen molar-refractivity contribution in [2.24, 2.45) is 0 Å². The summed E-state index contributed by atoms with van der Waals surface area (Å²) in [6, 6.07) is 21.8. The highest BCUT2D eigenvalue weighted by atomic mass is 32.1. The Bertz CT molecular complexity index is 1540. The number of esters is 1. The van der Waals surface area contributed by atoms with Gasteiger partial charge in [0.25, 0.3) is 5.91 Å². The maximum Gasteiger partial charge on any atom is 0.348 e. The first kappa shape index (κ1) is 22.4. The van der Waals surface area contributed by atoms with Gasteiger partial charge in [-0.05, 0) is 66.0 Å². The van der Waals surface area contributed by atoms with Crippen LogP contribution in [0.2, 0.25) is 0 Å². The number of amides is 1. The van der Waals surface area contributed by atoms with Crippen molar-refractivity contribution >= 4 is 39.0 Å². The third-order valence-corrected chi connectivity index (χ3v) is 6.54. The number of oxazole rings is 1. The molecule has 0 aliphatic rings. The van der Waals surface area contributed by atoms with Gasteiger partial charge in [-0.15, -0.1) is 11.3 Å². The SMILES string of the molecule is COC(=O)c1cc2cc(NC(=O)c3ccccc3-c3ncc(-c4ccc(OC)cc4)o3)ccc2s1. The summed E-state index contributed by atoms with van der Waals surface area (Å²) in [6.07, 6.45) is 1.63. The lowest BCUT2D eigenvalue weighted by Crippen LogP contribution is -2.13. The van der Waals surface area contributed by atoms with Gasteiger partial charge in [-0.3, -0.25) is 4.79 Å². The Labute approximate surface area is 204 Å². The van der Waals surface area contributed by atoms with E-state index in [0.29, 0.717) is 33.3 Å². The number of fused-ring (bicyclic) bond motifs is 1. The van der Waals surface area contributed by atoms with Crippen molar-refractivity contribution < 1.29 is 23.5 Å². The number of carbonyl (C=O) groups excluding carboxylic acids is 2. The van der Waals surface area contributed by atoms with Crippen LogP contribution in [0, 0.1) is 0 Å². The first-order chi connectivity index (χ1) is 17.1. The second kappa shape index (κ2) is 9.44. The third kappa shape index (κ3) is 4.51. The van der Waals surface area contributed by atoms with E-state index in [2.05, 4.69) is 10.3 Å². The number of benzene rings is 3. The first-order valence-electron chi connectivity index (χ1n) is 10.7. The van der Waals surface area contributed by atoms with Gasteiger partial charge in [0.15, 0.2) is 5.76 Å². The van der Waals surface area contributed by atoms with Gasteiger partial charge >= 0.3 is 5.97 Å². The van der Waals surface area contributed by atoms with E-state index in [4.69, 9.17) is 13.9 Å². The van der Waals surface area contributed by atoms with Gasteiger partial charge in [-0.1, -0.05) is 12.1 Å². The summed E-state index contributed by atoms with van der Waals surface area (Å²) in [4.78, 5) is 29.9. The quantitative estimate of drug-likeness (QED) is 0.286. The lowest BCUT2D eigenvalue weighted by Gasteiger charge is -2.08. The predicted molar refractivity (Wildman–Crippen MR) is 135 cm³/mol. The van der Waals surface area contributed by atoms with Gasteiger partial charge in [0.2, 0.25) is 5.89 Å². The zero-order valence-electron chi connectivity index (χ0n) is 18.9. The van der Waals surface area contributed by atoms with Crippen molar-refractivity contribution in [3.63, 3.8) is 0 Å². The van der Waals surface area contributed by atoms with E-state index in [1.165, 1.54) is 18.4 Å². The molecule has 7 nitrogen and oxygen atoms in total. The van der Waals surface area contributed by atoms with E-state index in [0.717, 1.165) is 21.4 Å². The number of aromatic nitrogens is 1. The molecule has 5 aromatic rings.